The predicted octanol–water partition coefficient (Wildman–Crippen LogP) is 2.34. The van der Waals surface area contributed by atoms with Gasteiger partial charge < -0.3 is 10.6 Å². The minimum atomic E-state index is -1.20. The van der Waals surface area contributed by atoms with Crippen LogP contribution in [-0.4, -0.2) is 17.9 Å². The fourth-order valence-corrected chi connectivity index (χ4v) is 1.95. The minimum Gasteiger partial charge on any atom is -0.354 e. The molecule has 23 heavy (non-hydrogen) atoms. The molecule has 0 aliphatic rings. The summed E-state index contributed by atoms with van der Waals surface area (Å²) in [5, 5.41) is 14.1. The van der Waals surface area contributed by atoms with E-state index in [1.54, 1.807) is 6.07 Å². The highest BCUT2D eigenvalue weighted by Crippen LogP contribution is 2.18. The molecular weight excluding hydrogens is 304 g/mol. The van der Waals surface area contributed by atoms with Crippen molar-refractivity contribution in [2.24, 2.45) is 0 Å². The van der Waals surface area contributed by atoms with Gasteiger partial charge in [0.15, 0.2) is 0 Å². The smallest absolute Gasteiger partial charge is 0.221 e. The Morgan fingerprint density at radius 2 is 1.78 bits per heavy atom. The van der Waals surface area contributed by atoms with E-state index in [9.17, 15) is 18.4 Å². The van der Waals surface area contributed by atoms with Gasteiger partial charge in [0.25, 0.3) is 0 Å². The number of carbonyl (C=O) groups is 2. The summed E-state index contributed by atoms with van der Waals surface area (Å²) in [6.45, 7) is 3.67. The normalized spacial score (nSPS) is 11.7. The van der Waals surface area contributed by atoms with E-state index in [4.69, 9.17) is 5.26 Å². The Kier molecular flexibility index (Phi) is 7.13. The number of halogens is 2. The van der Waals surface area contributed by atoms with Crippen molar-refractivity contribution >= 4 is 11.8 Å². The highest BCUT2D eigenvalue weighted by Gasteiger charge is 2.18. The van der Waals surface area contributed by atoms with Crippen molar-refractivity contribution in [2.75, 3.05) is 0 Å². The SMILES string of the molecule is CC(C)NC(=O)CCCC(=O)NC(C#N)c1ccc(F)cc1F. The van der Waals surface area contributed by atoms with Crippen LogP contribution in [0.2, 0.25) is 0 Å². The van der Waals surface area contributed by atoms with Crippen molar-refractivity contribution in [1.82, 2.24) is 10.6 Å². The van der Waals surface area contributed by atoms with E-state index >= 15 is 0 Å². The van der Waals surface area contributed by atoms with Crippen molar-refractivity contribution in [3.8, 4) is 6.07 Å². The number of amides is 2. The second kappa shape index (κ2) is 8.83. The fraction of sp³-hybridized carbons (Fsp3) is 0.438. The number of hydrogen-bond donors (Lipinski definition) is 2. The van der Waals surface area contributed by atoms with Gasteiger partial charge >= 0.3 is 0 Å². The molecule has 5 nitrogen and oxygen atoms in total. The molecule has 1 aromatic carbocycles. The van der Waals surface area contributed by atoms with E-state index in [2.05, 4.69) is 10.6 Å². The maximum Gasteiger partial charge on any atom is 0.221 e. The van der Waals surface area contributed by atoms with Crippen LogP contribution >= 0.6 is 0 Å². The Balaban J connectivity index is 2.51. The van der Waals surface area contributed by atoms with E-state index in [0.717, 1.165) is 12.1 Å². The average Bonchev–Trinajstić information content (AvgIpc) is 2.44. The lowest BCUT2D eigenvalue weighted by atomic mass is 10.1. The number of benzene rings is 1. The molecule has 0 aliphatic heterocycles. The van der Waals surface area contributed by atoms with Gasteiger partial charge in [-0.2, -0.15) is 5.26 Å². The molecule has 1 aromatic rings. The fourth-order valence-electron chi connectivity index (χ4n) is 1.95. The number of nitriles is 1. The summed E-state index contributed by atoms with van der Waals surface area (Å²) in [5.41, 5.74) is -0.0974. The molecule has 2 N–H and O–H groups in total. The van der Waals surface area contributed by atoms with Crippen molar-refractivity contribution in [3.63, 3.8) is 0 Å². The van der Waals surface area contributed by atoms with Crippen LogP contribution in [0.1, 0.15) is 44.7 Å². The van der Waals surface area contributed by atoms with Crippen molar-refractivity contribution < 1.29 is 18.4 Å². The van der Waals surface area contributed by atoms with E-state index in [1.807, 2.05) is 13.8 Å². The molecule has 0 aromatic heterocycles. The molecule has 0 fully saturated rings. The summed E-state index contributed by atoms with van der Waals surface area (Å²) in [5.74, 6) is -2.29. The van der Waals surface area contributed by atoms with Gasteiger partial charge in [0, 0.05) is 30.5 Å². The molecular formula is C16H19F2N3O2. The first-order chi connectivity index (χ1) is 10.8. The van der Waals surface area contributed by atoms with Crippen molar-refractivity contribution in [2.45, 2.75) is 45.2 Å². The third kappa shape index (κ3) is 6.43. The van der Waals surface area contributed by atoms with Crippen LogP contribution < -0.4 is 10.6 Å². The lowest BCUT2D eigenvalue weighted by molar-refractivity contribution is -0.122. The molecule has 124 valence electrons. The molecule has 0 saturated heterocycles. The maximum atomic E-state index is 13.6. The Labute approximate surface area is 133 Å². The monoisotopic (exact) mass is 323 g/mol. The van der Waals surface area contributed by atoms with Gasteiger partial charge in [-0.25, -0.2) is 8.78 Å². The van der Waals surface area contributed by atoms with Crippen LogP contribution in [0.15, 0.2) is 18.2 Å². The van der Waals surface area contributed by atoms with Gasteiger partial charge in [0.1, 0.15) is 17.7 Å². The van der Waals surface area contributed by atoms with E-state index < -0.39 is 23.6 Å². The summed E-state index contributed by atoms with van der Waals surface area (Å²) < 4.78 is 26.5. The number of nitrogens with one attached hydrogen (secondary N) is 2. The van der Waals surface area contributed by atoms with Crippen LogP contribution in [-0.2, 0) is 9.59 Å². The second-order valence-corrected chi connectivity index (χ2v) is 5.37. The molecule has 0 heterocycles. The second-order valence-electron chi connectivity index (χ2n) is 5.37. The molecule has 0 aliphatic carbocycles. The molecule has 0 spiro atoms. The lowest BCUT2D eigenvalue weighted by Crippen LogP contribution is -2.31. The molecule has 1 unspecified atom stereocenters. The summed E-state index contributed by atoms with van der Waals surface area (Å²) in [4.78, 5) is 23.2. The lowest BCUT2D eigenvalue weighted by Gasteiger charge is -2.13. The summed E-state index contributed by atoms with van der Waals surface area (Å²) in [6, 6.07) is 3.38. The topological polar surface area (TPSA) is 82.0 Å². The molecule has 0 saturated carbocycles. The summed E-state index contributed by atoms with van der Waals surface area (Å²) >= 11 is 0. The first-order valence-corrected chi connectivity index (χ1v) is 7.26. The van der Waals surface area contributed by atoms with Crippen LogP contribution in [0.3, 0.4) is 0 Å². The molecule has 0 radical (unpaired) electrons. The Morgan fingerprint density at radius 1 is 1.17 bits per heavy atom. The number of nitrogens with zero attached hydrogens (tertiary/aromatic N) is 1. The highest BCUT2D eigenvalue weighted by molar-refractivity contribution is 5.79. The third-order valence-electron chi connectivity index (χ3n) is 2.97. The quantitative estimate of drug-likeness (QED) is 0.808. The number of rotatable bonds is 7. The van der Waals surface area contributed by atoms with Gasteiger partial charge in [-0.3, -0.25) is 9.59 Å². The molecule has 7 heteroatoms. The minimum absolute atomic E-state index is 0.0285. The summed E-state index contributed by atoms with van der Waals surface area (Å²) in [6.07, 6.45) is 0.536. The molecule has 1 rings (SSSR count). The first-order valence-electron chi connectivity index (χ1n) is 7.26. The van der Waals surface area contributed by atoms with Crippen LogP contribution in [0, 0.1) is 23.0 Å². The summed E-state index contributed by atoms with van der Waals surface area (Å²) in [7, 11) is 0. The first kappa shape index (κ1) is 18.6. The largest absolute Gasteiger partial charge is 0.354 e. The standard InChI is InChI=1S/C16H19F2N3O2/c1-10(2)20-15(22)4-3-5-16(23)21-14(9-19)12-7-6-11(17)8-13(12)18/h6-8,10,14H,3-5H2,1-2H3,(H,20,22)(H,21,23). The molecule has 0 bridgehead atoms. The number of carbonyl (C=O) groups excluding carboxylic acids is 2. The number of hydrogen-bond acceptors (Lipinski definition) is 3. The molecule has 1 atom stereocenters. The van der Waals surface area contributed by atoms with Crippen molar-refractivity contribution in [3.05, 3.63) is 35.4 Å². The predicted molar refractivity (Wildman–Crippen MR) is 80.0 cm³/mol. The van der Waals surface area contributed by atoms with Crippen LogP contribution in [0.25, 0.3) is 0 Å². The van der Waals surface area contributed by atoms with Crippen molar-refractivity contribution in [1.29, 1.82) is 5.26 Å². The average molecular weight is 323 g/mol. The van der Waals surface area contributed by atoms with Gasteiger partial charge in [0.05, 0.1) is 6.07 Å². The zero-order valence-electron chi connectivity index (χ0n) is 13.0. The van der Waals surface area contributed by atoms with Crippen LogP contribution in [0.4, 0.5) is 8.78 Å². The maximum absolute atomic E-state index is 13.6. The Bertz CT molecular complexity index is 612. The van der Waals surface area contributed by atoms with Gasteiger partial charge in [-0.1, -0.05) is 6.07 Å². The van der Waals surface area contributed by atoms with E-state index in [-0.39, 0.29) is 30.4 Å². The van der Waals surface area contributed by atoms with Gasteiger partial charge in [-0.05, 0) is 26.3 Å². The van der Waals surface area contributed by atoms with Gasteiger partial charge in [0.2, 0.25) is 11.8 Å². The Hall–Kier alpha value is -2.49. The van der Waals surface area contributed by atoms with E-state index in [0.29, 0.717) is 12.5 Å². The Morgan fingerprint density at radius 3 is 2.30 bits per heavy atom. The van der Waals surface area contributed by atoms with Crippen LogP contribution in [0.5, 0.6) is 0 Å². The zero-order chi connectivity index (χ0) is 17.4. The zero-order valence-corrected chi connectivity index (χ0v) is 13.0. The third-order valence-corrected chi connectivity index (χ3v) is 2.97. The highest BCUT2D eigenvalue weighted by atomic mass is 19.1. The van der Waals surface area contributed by atoms with Gasteiger partial charge in [-0.15, -0.1) is 0 Å². The van der Waals surface area contributed by atoms with E-state index in [1.165, 1.54) is 0 Å². The molecule has 2 amide bonds.